The summed E-state index contributed by atoms with van der Waals surface area (Å²) in [6.07, 6.45) is 0.675. The van der Waals surface area contributed by atoms with Crippen LogP contribution in [-0.2, 0) is 9.47 Å². The first-order chi connectivity index (χ1) is 10.1. The Morgan fingerprint density at radius 1 is 1.29 bits per heavy atom. The van der Waals surface area contributed by atoms with Gasteiger partial charge in [0, 0.05) is 13.7 Å². The number of rotatable bonds is 8. The molecule has 0 radical (unpaired) electrons. The van der Waals surface area contributed by atoms with Gasteiger partial charge in [-0.3, -0.25) is 15.4 Å². The molecule has 21 heavy (non-hydrogen) atoms. The van der Waals surface area contributed by atoms with E-state index in [0.29, 0.717) is 13.0 Å². The minimum absolute atomic E-state index is 0.0289. The van der Waals surface area contributed by atoms with E-state index < -0.39 is 11.0 Å². The molecule has 1 N–H and O–H groups in total. The summed E-state index contributed by atoms with van der Waals surface area (Å²) < 4.78 is 14.7. The van der Waals surface area contributed by atoms with Crippen LogP contribution in [-0.4, -0.2) is 38.4 Å². The molecule has 0 heterocycles. The van der Waals surface area contributed by atoms with Gasteiger partial charge in [-0.25, -0.2) is 4.79 Å². The highest BCUT2D eigenvalue weighted by Crippen LogP contribution is 2.34. The number of carbonyl (C=O) groups is 1. The Hall–Kier alpha value is -2.35. The number of nitrogens with one attached hydrogen (secondary N) is 1. The number of amides is 1. The summed E-state index contributed by atoms with van der Waals surface area (Å²) >= 11 is 0. The third kappa shape index (κ3) is 5.27. The molecule has 1 amide bonds. The van der Waals surface area contributed by atoms with Crippen LogP contribution < -0.4 is 10.1 Å². The van der Waals surface area contributed by atoms with Crippen molar-refractivity contribution in [2.24, 2.45) is 0 Å². The molecule has 0 aromatic heterocycles. The van der Waals surface area contributed by atoms with E-state index in [1.54, 1.807) is 13.2 Å². The number of nitrogens with zero attached hydrogens (tertiary/aromatic N) is 1. The molecule has 116 valence electrons. The maximum Gasteiger partial charge on any atom is 0.411 e. The van der Waals surface area contributed by atoms with Gasteiger partial charge in [-0.2, -0.15) is 0 Å². The summed E-state index contributed by atoms with van der Waals surface area (Å²) in [4.78, 5) is 22.0. The molecule has 0 unspecified atom stereocenters. The molecule has 0 spiro atoms. The van der Waals surface area contributed by atoms with E-state index in [1.165, 1.54) is 19.2 Å². The fraction of sp³-hybridized carbons (Fsp3) is 0.462. The zero-order valence-corrected chi connectivity index (χ0v) is 12.0. The standard InChI is InChI=1S/C13H18N2O6/c1-19-8-3-4-9-21-13(16)14-10-6-5-7-11(20-2)12(10)15(17)18/h5-7H,3-4,8-9H2,1-2H3,(H,14,16). The lowest BCUT2D eigenvalue weighted by Crippen LogP contribution is -2.15. The molecule has 8 nitrogen and oxygen atoms in total. The van der Waals surface area contributed by atoms with Crippen LogP contribution in [0, 0.1) is 10.1 Å². The van der Waals surface area contributed by atoms with Crippen molar-refractivity contribution in [3.05, 3.63) is 28.3 Å². The van der Waals surface area contributed by atoms with E-state index in [-0.39, 0.29) is 23.7 Å². The third-order valence-electron chi connectivity index (χ3n) is 2.61. The minimum atomic E-state index is -0.747. The highest BCUT2D eigenvalue weighted by molar-refractivity contribution is 5.89. The average Bonchev–Trinajstić information content (AvgIpc) is 2.46. The summed E-state index contributed by atoms with van der Waals surface area (Å²) in [5.74, 6) is 0.0675. The molecule has 0 saturated heterocycles. The number of para-hydroxylation sites is 1. The molecule has 0 bridgehead atoms. The lowest BCUT2D eigenvalue weighted by Gasteiger charge is -2.09. The molecule has 1 aromatic rings. The lowest BCUT2D eigenvalue weighted by atomic mass is 10.2. The van der Waals surface area contributed by atoms with Gasteiger partial charge in [0.25, 0.3) is 0 Å². The van der Waals surface area contributed by atoms with E-state index in [0.717, 1.165) is 6.42 Å². The zero-order chi connectivity index (χ0) is 15.7. The topological polar surface area (TPSA) is 99.9 Å². The van der Waals surface area contributed by atoms with Gasteiger partial charge in [-0.05, 0) is 25.0 Å². The SMILES string of the molecule is COCCCCOC(=O)Nc1cccc(OC)c1[N+](=O)[O-]. The maximum absolute atomic E-state index is 11.6. The summed E-state index contributed by atoms with van der Waals surface area (Å²) in [5.41, 5.74) is -0.280. The van der Waals surface area contributed by atoms with E-state index in [9.17, 15) is 14.9 Å². The van der Waals surface area contributed by atoms with Gasteiger partial charge >= 0.3 is 11.8 Å². The summed E-state index contributed by atoms with van der Waals surface area (Å²) in [7, 11) is 2.91. The molecular formula is C13H18N2O6. The van der Waals surface area contributed by atoms with Crippen molar-refractivity contribution < 1.29 is 23.9 Å². The van der Waals surface area contributed by atoms with E-state index in [2.05, 4.69) is 5.32 Å². The normalized spacial score (nSPS) is 10.0. The number of unbranched alkanes of at least 4 members (excludes halogenated alkanes) is 1. The number of methoxy groups -OCH3 is 2. The average molecular weight is 298 g/mol. The Labute approximate surface area is 122 Å². The van der Waals surface area contributed by atoms with Crippen molar-refractivity contribution >= 4 is 17.5 Å². The van der Waals surface area contributed by atoms with Gasteiger partial charge in [0.05, 0.1) is 18.6 Å². The number of hydrogen-bond acceptors (Lipinski definition) is 6. The first kappa shape index (κ1) is 16.7. The first-order valence-corrected chi connectivity index (χ1v) is 6.34. The predicted octanol–water partition coefficient (Wildman–Crippen LogP) is 2.58. The van der Waals surface area contributed by atoms with E-state index in [4.69, 9.17) is 14.2 Å². The van der Waals surface area contributed by atoms with Crippen LogP contribution in [0.5, 0.6) is 5.75 Å². The quantitative estimate of drug-likeness (QED) is 0.450. The fourth-order valence-electron chi connectivity index (χ4n) is 1.64. The summed E-state index contributed by atoms with van der Waals surface area (Å²) in [6.45, 7) is 0.805. The van der Waals surface area contributed by atoms with Crippen molar-refractivity contribution in [2.75, 3.05) is 32.8 Å². The number of nitro groups is 1. The minimum Gasteiger partial charge on any atom is -0.490 e. The van der Waals surface area contributed by atoms with Crippen molar-refractivity contribution in [3.8, 4) is 5.75 Å². The molecule has 0 aliphatic heterocycles. The van der Waals surface area contributed by atoms with Crippen LogP contribution in [0.15, 0.2) is 18.2 Å². The van der Waals surface area contributed by atoms with Crippen LogP contribution in [0.3, 0.4) is 0 Å². The number of hydrogen-bond donors (Lipinski definition) is 1. The number of ether oxygens (including phenoxy) is 3. The number of benzene rings is 1. The van der Waals surface area contributed by atoms with Crippen molar-refractivity contribution in [2.45, 2.75) is 12.8 Å². The second-order valence-corrected chi connectivity index (χ2v) is 4.07. The summed E-state index contributed by atoms with van der Waals surface area (Å²) in [6, 6.07) is 4.40. The van der Waals surface area contributed by atoms with Crippen LogP contribution in [0.1, 0.15) is 12.8 Å². The van der Waals surface area contributed by atoms with E-state index >= 15 is 0 Å². The number of nitro benzene ring substituents is 1. The van der Waals surface area contributed by atoms with Crippen LogP contribution in [0.25, 0.3) is 0 Å². The second kappa shape index (κ2) is 8.75. The Balaban J connectivity index is 2.61. The van der Waals surface area contributed by atoms with Gasteiger partial charge in [-0.15, -0.1) is 0 Å². The smallest absolute Gasteiger partial charge is 0.411 e. The van der Waals surface area contributed by atoms with Crippen molar-refractivity contribution in [1.82, 2.24) is 0 Å². The Kier molecular flexibility index (Phi) is 6.96. The number of anilines is 1. The van der Waals surface area contributed by atoms with Gasteiger partial charge in [-0.1, -0.05) is 6.07 Å². The molecule has 0 fully saturated rings. The molecule has 0 aliphatic rings. The number of carbonyl (C=O) groups excluding carboxylic acids is 1. The molecule has 0 aliphatic carbocycles. The maximum atomic E-state index is 11.6. The molecule has 1 rings (SSSR count). The largest absolute Gasteiger partial charge is 0.490 e. The predicted molar refractivity (Wildman–Crippen MR) is 75.7 cm³/mol. The zero-order valence-electron chi connectivity index (χ0n) is 12.0. The van der Waals surface area contributed by atoms with Crippen molar-refractivity contribution in [3.63, 3.8) is 0 Å². The van der Waals surface area contributed by atoms with Gasteiger partial charge in [0.2, 0.25) is 0 Å². The third-order valence-corrected chi connectivity index (χ3v) is 2.61. The van der Waals surface area contributed by atoms with E-state index in [1.807, 2.05) is 0 Å². The fourth-order valence-corrected chi connectivity index (χ4v) is 1.64. The van der Waals surface area contributed by atoms with Crippen LogP contribution >= 0.6 is 0 Å². The van der Waals surface area contributed by atoms with Gasteiger partial charge in [0.15, 0.2) is 5.75 Å². The molecule has 0 saturated carbocycles. The lowest BCUT2D eigenvalue weighted by molar-refractivity contribution is -0.384. The Morgan fingerprint density at radius 2 is 2.00 bits per heavy atom. The second-order valence-electron chi connectivity index (χ2n) is 4.07. The first-order valence-electron chi connectivity index (χ1n) is 6.34. The van der Waals surface area contributed by atoms with Crippen molar-refractivity contribution in [1.29, 1.82) is 0 Å². The highest BCUT2D eigenvalue weighted by atomic mass is 16.6. The Bertz CT molecular complexity index is 492. The monoisotopic (exact) mass is 298 g/mol. The molecule has 1 aromatic carbocycles. The Morgan fingerprint density at radius 3 is 2.62 bits per heavy atom. The summed E-state index contributed by atoms with van der Waals surface area (Å²) in [5, 5.41) is 13.4. The molecule has 0 atom stereocenters. The molecule has 8 heteroatoms. The molecular weight excluding hydrogens is 280 g/mol. The van der Waals surface area contributed by atoms with Gasteiger partial charge < -0.3 is 14.2 Å². The van der Waals surface area contributed by atoms with Gasteiger partial charge in [0.1, 0.15) is 5.69 Å². The highest BCUT2D eigenvalue weighted by Gasteiger charge is 2.22. The van der Waals surface area contributed by atoms with Crippen LogP contribution in [0.2, 0.25) is 0 Å². The van der Waals surface area contributed by atoms with Crippen LogP contribution in [0.4, 0.5) is 16.2 Å².